The lowest BCUT2D eigenvalue weighted by molar-refractivity contribution is 0.0994. The van der Waals surface area contributed by atoms with E-state index in [9.17, 15) is 9.59 Å². The Morgan fingerprint density at radius 2 is 1.65 bits per heavy atom. The number of carbonyl (C=O) groups excluding carboxylic acids is 2. The maximum Gasteiger partial charge on any atom is 0.291 e. The van der Waals surface area contributed by atoms with Crippen LogP contribution in [0.25, 0.3) is 0 Å². The van der Waals surface area contributed by atoms with Gasteiger partial charge in [-0.15, -0.1) is 0 Å². The van der Waals surface area contributed by atoms with Gasteiger partial charge in [0.05, 0.1) is 27.6 Å². The minimum Gasteiger partial charge on any atom is -0.459 e. The van der Waals surface area contributed by atoms with Gasteiger partial charge in [0.1, 0.15) is 0 Å². The monoisotopic (exact) mass is 408 g/mol. The topological polar surface area (TPSA) is 71.3 Å². The number of benzene rings is 2. The van der Waals surface area contributed by atoms with Crippen molar-refractivity contribution < 1.29 is 14.0 Å². The van der Waals surface area contributed by atoms with Gasteiger partial charge in [0, 0.05) is 10.7 Å². The zero-order valence-corrected chi connectivity index (χ0v) is 15.3. The number of hydrogen-bond acceptors (Lipinski definition) is 3. The number of hydrogen-bond donors (Lipinski definition) is 2. The van der Waals surface area contributed by atoms with Gasteiger partial charge in [0.15, 0.2) is 5.76 Å². The summed E-state index contributed by atoms with van der Waals surface area (Å²) in [6.45, 7) is 0. The number of amides is 2. The number of furan rings is 1. The molecule has 2 N–H and O–H groups in total. The fourth-order valence-corrected chi connectivity index (χ4v) is 2.88. The Hall–Kier alpha value is -2.47. The predicted molar refractivity (Wildman–Crippen MR) is 103 cm³/mol. The van der Waals surface area contributed by atoms with Crippen LogP contribution in [0.4, 0.5) is 11.4 Å². The number of nitrogens with one attached hydrogen (secondary N) is 2. The van der Waals surface area contributed by atoms with Crippen LogP contribution in [0, 0.1) is 0 Å². The Morgan fingerprint density at radius 3 is 2.31 bits per heavy atom. The summed E-state index contributed by atoms with van der Waals surface area (Å²) in [5.41, 5.74) is 1.11. The van der Waals surface area contributed by atoms with E-state index >= 15 is 0 Å². The molecular weight excluding hydrogens is 399 g/mol. The first-order valence-corrected chi connectivity index (χ1v) is 8.48. The highest BCUT2D eigenvalue weighted by Gasteiger charge is 2.14. The molecule has 0 aliphatic carbocycles. The molecule has 0 saturated carbocycles. The standard InChI is InChI=1S/C18H11Cl3N2O3/c19-10-3-5-12(13(20)8-10)17(24)22-11-4-6-15(14(21)9-11)23-18(25)16-2-1-7-26-16/h1-9H,(H,22,24)(H,23,25). The first-order chi connectivity index (χ1) is 12.4. The van der Waals surface area contributed by atoms with Gasteiger partial charge in [0.25, 0.3) is 11.8 Å². The molecule has 0 saturated heterocycles. The Bertz CT molecular complexity index is 972. The van der Waals surface area contributed by atoms with E-state index < -0.39 is 11.8 Å². The summed E-state index contributed by atoms with van der Waals surface area (Å²) < 4.78 is 5.02. The van der Waals surface area contributed by atoms with Crippen molar-refractivity contribution in [2.45, 2.75) is 0 Å². The molecule has 3 aromatic rings. The van der Waals surface area contributed by atoms with Crippen LogP contribution in [0.5, 0.6) is 0 Å². The van der Waals surface area contributed by atoms with Crippen molar-refractivity contribution in [3.8, 4) is 0 Å². The van der Waals surface area contributed by atoms with Crippen LogP contribution in [0.2, 0.25) is 15.1 Å². The number of halogens is 3. The fraction of sp³-hybridized carbons (Fsp3) is 0. The van der Waals surface area contributed by atoms with Crippen LogP contribution in [-0.2, 0) is 0 Å². The van der Waals surface area contributed by atoms with Crippen molar-refractivity contribution in [2.24, 2.45) is 0 Å². The molecule has 0 aliphatic rings. The highest BCUT2D eigenvalue weighted by atomic mass is 35.5. The Morgan fingerprint density at radius 1 is 0.846 bits per heavy atom. The Labute approximate surface area is 163 Å². The Kier molecular flexibility index (Phi) is 5.52. The summed E-state index contributed by atoms with van der Waals surface area (Å²) in [6, 6.07) is 12.4. The zero-order valence-electron chi connectivity index (χ0n) is 13.1. The molecule has 0 fully saturated rings. The molecule has 0 radical (unpaired) electrons. The molecule has 2 aromatic carbocycles. The number of carbonyl (C=O) groups is 2. The van der Waals surface area contributed by atoms with Gasteiger partial charge in [-0.2, -0.15) is 0 Å². The third kappa shape index (κ3) is 4.19. The molecule has 3 rings (SSSR count). The molecule has 0 atom stereocenters. The smallest absolute Gasteiger partial charge is 0.291 e. The fourth-order valence-electron chi connectivity index (χ4n) is 2.16. The van der Waals surface area contributed by atoms with E-state index in [0.717, 1.165) is 0 Å². The summed E-state index contributed by atoms with van der Waals surface area (Å²) >= 11 is 18.0. The molecule has 132 valence electrons. The highest BCUT2D eigenvalue weighted by Crippen LogP contribution is 2.27. The molecule has 2 amide bonds. The van der Waals surface area contributed by atoms with E-state index in [1.54, 1.807) is 24.3 Å². The zero-order chi connectivity index (χ0) is 18.7. The van der Waals surface area contributed by atoms with Crippen molar-refractivity contribution in [3.63, 3.8) is 0 Å². The minimum atomic E-state index is -0.429. The molecule has 8 heteroatoms. The van der Waals surface area contributed by atoms with Crippen molar-refractivity contribution >= 4 is 58.0 Å². The maximum atomic E-state index is 12.3. The van der Waals surface area contributed by atoms with E-state index in [1.165, 1.54) is 30.5 Å². The normalized spacial score (nSPS) is 10.4. The van der Waals surface area contributed by atoms with Crippen molar-refractivity contribution in [3.05, 3.63) is 81.2 Å². The van der Waals surface area contributed by atoms with E-state index in [4.69, 9.17) is 39.2 Å². The summed E-state index contributed by atoms with van der Waals surface area (Å²) in [7, 11) is 0. The van der Waals surface area contributed by atoms with E-state index in [0.29, 0.717) is 16.4 Å². The maximum absolute atomic E-state index is 12.3. The third-order valence-electron chi connectivity index (χ3n) is 3.40. The van der Waals surface area contributed by atoms with Crippen molar-refractivity contribution in [2.75, 3.05) is 10.6 Å². The summed E-state index contributed by atoms with van der Waals surface area (Å²) in [6.07, 6.45) is 1.40. The summed E-state index contributed by atoms with van der Waals surface area (Å²) in [5.74, 6) is -0.674. The molecule has 1 heterocycles. The lowest BCUT2D eigenvalue weighted by atomic mass is 10.2. The second-order valence-electron chi connectivity index (χ2n) is 5.20. The largest absolute Gasteiger partial charge is 0.459 e. The predicted octanol–water partition coefficient (Wildman–Crippen LogP) is 5.74. The van der Waals surface area contributed by atoms with Crippen molar-refractivity contribution in [1.82, 2.24) is 0 Å². The van der Waals surface area contributed by atoms with Gasteiger partial charge in [-0.3, -0.25) is 9.59 Å². The third-order valence-corrected chi connectivity index (χ3v) is 4.26. The van der Waals surface area contributed by atoms with E-state index in [2.05, 4.69) is 10.6 Å². The Balaban J connectivity index is 1.73. The van der Waals surface area contributed by atoms with Gasteiger partial charge in [-0.05, 0) is 48.5 Å². The average Bonchev–Trinajstić information content (AvgIpc) is 3.11. The number of rotatable bonds is 4. The molecule has 0 spiro atoms. The van der Waals surface area contributed by atoms with Crippen LogP contribution in [0.3, 0.4) is 0 Å². The first-order valence-electron chi connectivity index (χ1n) is 7.35. The molecule has 0 bridgehead atoms. The second-order valence-corrected chi connectivity index (χ2v) is 6.46. The first kappa shape index (κ1) is 18.3. The molecule has 0 unspecified atom stereocenters. The molecule has 1 aromatic heterocycles. The highest BCUT2D eigenvalue weighted by molar-refractivity contribution is 6.37. The van der Waals surface area contributed by atoms with Crippen LogP contribution in [0.1, 0.15) is 20.9 Å². The average molecular weight is 410 g/mol. The van der Waals surface area contributed by atoms with Gasteiger partial charge in [-0.25, -0.2) is 0 Å². The molecule has 0 aliphatic heterocycles. The van der Waals surface area contributed by atoms with Crippen LogP contribution >= 0.6 is 34.8 Å². The molecular formula is C18H11Cl3N2O3. The second kappa shape index (κ2) is 7.83. The van der Waals surface area contributed by atoms with Gasteiger partial charge in [-0.1, -0.05) is 34.8 Å². The van der Waals surface area contributed by atoms with Crippen LogP contribution in [0.15, 0.2) is 59.2 Å². The summed E-state index contributed by atoms with van der Waals surface area (Å²) in [5, 5.41) is 6.24. The number of anilines is 2. The minimum absolute atomic E-state index is 0.163. The van der Waals surface area contributed by atoms with Gasteiger partial charge in [0.2, 0.25) is 0 Å². The quantitative estimate of drug-likeness (QED) is 0.577. The van der Waals surface area contributed by atoms with Crippen molar-refractivity contribution in [1.29, 1.82) is 0 Å². The van der Waals surface area contributed by atoms with E-state index in [1.807, 2.05) is 0 Å². The molecule has 5 nitrogen and oxygen atoms in total. The van der Waals surface area contributed by atoms with Gasteiger partial charge < -0.3 is 15.1 Å². The van der Waals surface area contributed by atoms with Gasteiger partial charge >= 0.3 is 0 Å². The van der Waals surface area contributed by atoms with Crippen LogP contribution in [-0.4, -0.2) is 11.8 Å². The molecule has 26 heavy (non-hydrogen) atoms. The summed E-state index contributed by atoms with van der Waals surface area (Å²) in [4.78, 5) is 24.3. The SMILES string of the molecule is O=C(Nc1ccc(NC(=O)c2ccc(Cl)cc2Cl)cc1Cl)c1ccco1. The lowest BCUT2D eigenvalue weighted by Crippen LogP contribution is -2.13. The van der Waals surface area contributed by atoms with Crippen LogP contribution < -0.4 is 10.6 Å². The van der Waals surface area contributed by atoms with E-state index in [-0.39, 0.29) is 21.4 Å². The lowest BCUT2D eigenvalue weighted by Gasteiger charge is -2.10.